The fraction of sp³-hybridized carbons (Fsp3) is 0.826. The van der Waals surface area contributed by atoms with Crippen molar-refractivity contribution >= 4 is 36.0 Å². The molecule has 31 heavy (non-hydrogen) atoms. The molecule has 8 heteroatoms. The molecule has 2 saturated heterocycles. The molecule has 2 rings (SSSR count). The monoisotopic (exact) mass is 549 g/mol. The van der Waals surface area contributed by atoms with E-state index in [1.54, 1.807) is 0 Å². The van der Waals surface area contributed by atoms with E-state index in [9.17, 15) is 4.79 Å². The van der Waals surface area contributed by atoms with Gasteiger partial charge in [-0.2, -0.15) is 0 Å². The molecule has 0 aliphatic carbocycles. The molecule has 1 unspecified atom stereocenters. The van der Waals surface area contributed by atoms with Crippen LogP contribution in [-0.4, -0.2) is 79.3 Å². The fourth-order valence-corrected chi connectivity index (χ4v) is 4.11. The Balaban J connectivity index is 0.00000480. The molecule has 0 aromatic carbocycles. The predicted molar refractivity (Wildman–Crippen MR) is 139 cm³/mol. The first-order valence-electron chi connectivity index (χ1n) is 11.7. The lowest BCUT2D eigenvalue weighted by atomic mass is 9.95. The van der Waals surface area contributed by atoms with Gasteiger partial charge in [-0.1, -0.05) is 6.08 Å². The van der Waals surface area contributed by atoms with Crippen LogP contribution in [0.2, 0.25) is 0 Å². The summed E-state index contributed by atoms with van der Waals surface area (Å²) in [6.07, 6.45) is 7.24. The summed E-state index contributed by atoms with van der Waals surface area (Å²) in [6, 6.07) is 0.473. The molecule has 7 nitrogen and oxygen atoms in total. The third kappa shape index (κ3) is 10.9. The molecule has 2 heterocycles. The van der Waals surface area contributed by atoms with E-state index < -0.39 is 5.60 Å². The highest BCUT2D eigenvalue weighted by Crippen LogP contribution is 2.21. The van der Waals surface area contributed by atoms with Crippen LogP contribution in [0.1, 0.15) is 59.8 Å². The van der Waals surface area contributed by atoms with Crippen molar-refractivity contribution in [3.05, 3.63) is 12.7 Å². The summed E-state index contributed by atoms with van der Waals surface area (Å²) < 4.78 is 5.54. The van der Waals surface area contributed by atoms with Gasteiger partial charge in [-0.15, -0.1) is 30.6 Å². The van der Waals surface area contributed by atoms with Gasteiger partial charge in [0.15, 0.2) is 5.96 Å². The van der Waals surface area contributed by atoms with Crippen molar-refractivity contribution < 1.29 is 9.53 Å². The summed E-state index contributed by atoms with van der Waals surface area (Å²) in [5.74, 6) is 1.40. The Morgan fingerprint density at radius 3 is 2.55 bits per heavy atom. The second kappa shape index (κ2) is 14.2. The van der Waals surface area contributed by atoms with Crippen LogP contribution in [0.3, 0.4) is 0 Å². The summed E-state index contributed by atoms with van der Waals surface area (Å²) in [6.45, 7) is 18.1. The molecule has 2 fully saturated rings. The topological polar surface area (TPSA) is 69.2 Å². The Hall–Kier alpha value is -1.03. The highest BCUT2D eigenvalue weighted by atomic mass is 127. The molecular weight excluding hydrogens is 505 g/mol. The number of rotatable bonds is 7. The Morgan fingerprint density at radius 1 is 1.23 bits per heavy atom. The van der Waals surface area contributed by atoms with Crippen molar-refractivity contribution in [2.45, 2.75) is 71.4 Å². The second-order valence-electron chi connectivity index (χ2n) is 9.49. The molecule has 1 amide bonds. The zero-order valence-electron chi connectivity index (χ0n) is 20.0. The minimum atomic E-state index is -0.442. The van der Waals surface area contributed by atoms with Crippen molar-refractivity contribution in [2.24, 2.45) is 10.9 Å². The first kappa shape index (κ1) is 28.0. The minimum absolute atomic E-state index is 0. The van der Waals surface area contributed by atoms with Crippen molar-refractivity contribution in [3.63, 3.8) is 0 Å². The molecule has 0 bridgehead atoms. The van der Waals surface area contributed by atoms with Gasteiger partial charge < -0.3 is 20.3 Å². The van der Waals surface area contributed by atoms with Gasteiger partial charge in [0, 0.05) is 51.9 Å². The zero-order valence-corrected chi connectivity index (χ0v) is 22.3. The predicted octanol–water partition coefficient (Wildman–Crippen LogP) is 3.85. The standard InChI is InChI=1S/C23H43N5O2.HI/c1-6-14-27-16-11-20(12-17-27)26-21(24-7-2)25-13-10-19-9-8-15-28(18-19)22(29)30-23(3,4)5;/h6,19-20H,1,7-18H2,2-5H3,(H2,24,25,26);1H. The van der Waals surface area contributed by atoms with Gasteiger partial charge in [0.25, 0.3) is 0 Å². The lowest BCUT2D eigenvalue weighted by Crippen LogP contribution is -2.48. The van der Waals surface area contributed by atoms with E-state index in [4.69, 9.17) is 9.73 Å². The molecule has 0 aromatic heterocycles. The Kier molecular flexibility index (Phi) is 12.8. The number of guanidine groups is 1. The number of ether oxygens (including phenoxy) is 1. The summed E-state index contributed by atoms with van der Waals surface area (Å²) in [5, 5.41) is 6.99. The molecule has 2 N–H and O–H groups in total. The van der Waals surface area contributed by atoms with E-state index in [1.807, 2.05) is 31.7 Å². The number of amides is 1. The van der Waals surface area contributed by atoms with Gasteiger partial charge in [0.05, 0.1) is 0 Å². The first-order chi connectivity index (χ1) is 14.3. The highest BCUT2D eigenvalue weighted by Gasteiger charge is 2.27. The van der Waals surface area contributed by atoms with Crippen LogP contribution in [-0.2, 0) is 4.74 Å². The van der Waals surface area contributed by atoms with Crippen molar-refractivity contribution in [1.29, 1.82) is 0 Å². The number of nitrogens with one attached hydrogen (secondary N) is 2. The number of carbonyl (C=O) groups is 1. The number of hydrogen-bond acceptors (Lipinski definition) is 4. The Labute approximate surface area is 206 Å². The fourth-order valence-electron chi connectivity index (χ4n) is 4.11. The van der Waals surface area contributed by atoms with E-state index in [1.165, 1.54) is 0 Å². The van der Waals surface area contributed by atoms with Crippen LogP contribution in [0.25, 0.3) is 0 Å². The number of likely N-dealkylation sites (tertiary alicyclic amines) is 2. The highest BCUT2D eigenvalue weighted by molar-refractivity contribution is 14.0. The Bertz CT molecular complexity index is 571. The van der Waals surface area contributed by atoms with E-state index in [-0.39, 0.29) is 30.1 Å². The number of aliphatic imine (C=N–C) groups is 1. The van der Waals surface area contributed by atoms with E-state index >= 15 is 0 Å². The minimum Gasteiger partial charge on any atom is -0.444 e. The number of nitrogens with zero attached hydrogens (tertiary/aromatic N) is 3. The van der Waals surface area contributed by atoms with Crippen molar-refractivity contribution in [1.82, 2.24) is 20.4 Å². The van der Waals surface area contributed by atoms with Crippen LogP contribution in [0.5, 0.6) is 0 Å². The first-order valence-corrected chi connectivity index (χ1v) is 11.7. The van der Waals surface area contributed by atoms with Gasteiger partial charge in [-0.3, -0.25) is 9.89 Å². The largest absolute Gasteiger partial charge is 0.444 e. The van der Waals surface area contributed by atoms with Gasteiger partial charge in [-0.05, 0) is 65.7 Å². The Morgan fingerprint density at radius 2 is 1.94 bits per heavy atom. The summed E-state index contributed by atoms with van der Waals surface area (Å²) in [7, 11) is 0. The third-order valence-corrected chi connectivity index (χ3v) is 5.64. The molecule has 0 aromatic rings. The molecule has 180 valence electrons. The molecular formula is C23H44IN5O2. The summed E-state index contributed by atoms with van der Waals surface area (Å²) >= 11 is 0. The molecule has 0 spiro atoms. The van der Waals surface area contributed by atoms with E-state index in [0.29, 0.717) is 12.0 Å². The van der Waals surface area contributed by atoms with E-state index in [2.05, 4.69) is 29.0 Å². The molecule has 0 saturated carbocycles. The average molecular weight is 550 g/mol. The van der Waals surface area contributed by atoms with Gasteiger partial charge in [0.2, 0.25) is 0 Å². The number of piperidine rings is 2. The van der Waals surface area contributed by atoms with Crippen LogP contribution < -0.4 is 10.6 Å². The third-order valence-electron chi connectivity index (χ3n) is 5.64. The maximum Gasteiger partial charge on any atom is 0.410 e. The lowest BCUT2D eigenvalue weighted by molar-refractivity contribution is 0.0163. The smallest absolute Gasteiger partial charge is 0.410 e. The van der Waals surface area contributed by atoms with Gasteiger partial charge in [-0.25, -0.2) is 4.79 Å². The molecule has 1 atom stereocenters. The van der Waals surface area contributed by atoms with Crippen LogP contribution in [0, 0.1) is 5.92 Å². The summed E-state index contributed by atoms with van der Waals surface area (Å²) in [4.78, 5) is 21.5. The van der Waals surface area contributed by atoms with Crippen LogP contribution in [0.15, 0.2) is 17.6 Å². The number of halogens is 1. The maximum atomic E-state index is 12.4. The molecule has 2 aliphatic heterocycles. The van der Waals surface area contributed by atoms with Crippen molar-refractivity contribution in [2.75, 3.05) is 45.8 Å². The zero-order chi connectivity index (χ0) is 22.0. The molecule has 2 aliphatic rings. The van der Waals surface area contributed by atoms with Crippen molar-refractivity contribution in [3.8, 4) is 0 Å². The van der Waals surface area contributed by atoms with E-state index in [0.717, 1.165) is 83.9 Å². The van der Waals surface area contributed by atoms with Gasteiger partial charge in [0.1, 0.15) is 5.60 Å². The van der Waals surface area contributed by atoms with Crippen LogP contribution >= 0.6 is 24.0 Å². The summed E-state index contributed by atoms with van der Waals surface area (Å²) in [5.41, 5.74) is -0.442. The average Bonchev–Trinajstić information content (AvgIpc) is 2.69. The number of carbonyl (C=O) groups excluding carboxylic acids is 1. The second-order valence-corrected chi connectivity index (χ2v) is 9.49. The normalized spacial score (nSPS) is 21.2. The SMILES string of the molecule is C=CCN1CCC(NC(=NCCC2CCCN(C(=O)OC(C)(C)C)C2)NCC)CC1.I. The molecule has 0 radical (unpaired) electrons. The number of hydrogen-bond donors (Lipinski definition) is 2. The quantitative estimate of drug-likeness (QED) is 0.219. The van der Waals surface area contributed by atoms with Gasteiger partial charge >= 0.3 is 6.09 Å². The maximum absolute atomic E-state index is 12.4. The lowest BCUT2D eigenvalue weighted by Gasteiger charge is -2.34. The van der Waals surface area contributed by atoms with Crippen LogP contribution in [0.4, 0.5) is 4.79 Å².